The summed E-state index contributed by atoms with van der Waals surface area (Å²) in [6.07, 6.45) is 0. The van der Waals surface area contributed by atoms with Crippen molar-refractivity contribution in [2.24, 2.45) is 0 Å². The van der Waals surface area contributed by atoms with Crippen molar-refractivity contribution in [2.45, 2.75) is 13.8 Å². The van der Waals surface area contributed by atoms with Crippen LogP contribution < -0.4 is 4.90 Å². The minimum Gasteiger partial charge on any atom is -0.455 e. The van der Waals surface area contributed by atoms with E-state index in [1.54, 1.807) is 0 Å². The van der Waals surface area contributed by atoms with E-state index >= 15 is 0 Å². The maximum absolute atomic E-state index is 6.90. The molecule has 0 spiro atoms. The number of fused-ring (bicyclic) bond motifs is 6. The second-order valence-electron chi connectivity index (χ2n) is 15.5. The molecule has 2 heterocycles. The van der Waals surface area contributed by atoms with Crippen LogP contribution in [0.25, 0.3) is 82.8 Å². The van der Waals surface area contributed by atoms with E-state index < -0.39 is 0 Å². The molecule has 11 aromatic rings. The third-order valence-corrected chi connectivity index (χ3v) is 11.7. The number of anilines is 3. The predicted molar refractivity (Wildman–Crippen MR) is 249 cm³/mol. The molecular weight excluding hydrogens is 717 g/mol. The molecule has 2 aromatic heterocycles. The van der Waals surface area contributed by atoms with Gasteiger partial charge in [-0.05, 0) is 102 Å². The van der Waals surface area contributed by atoms with Crippen molar-refractivity contribution in [2.75, 3.05) is 4.90 Å². The quantitative estimate of drug-likeness (QED) is 0.161. The fraction of sp³-hybridized carbons (Fsp3) is 0.0357. The molecule has 0 aliphatic rings. The lowest BCUT2D eigenvalue weighted by Gasteiger charge is -2.31. The third kappa shape index (κ3) is 5.82. The smallest absolute Gasteiger partial charge is 0.143 e. The highest BCUT2D eigenvalue weighted by Crippen LogP contribution is 2.49. The first-order valence-electron chi connectivity index (χ1n) is 20.3. The van der Waals surface area contributed by atoms with Gasteiger partial charge in [0.15, 0.2) is 0 Å². The number of aromatic nitrogens is 1. The van der Waals surface area contributed by atoms with Crippen LogP contribution in [0.4, 0.5) is 17.1 Å². The molecule has 0 N–H and O–H groups in total. The van der Waals surface area contributed by atoms with Gasteiger partial charge < -0.3 is 13.9 Å². The number of hydrogen-bond donors (Lipinski definition) is 0. The van der Waals surface area contributed by atoms with Crippen LogP contribution in [-0.4, -0.2) is 4.57 Å². The van der Waals surface area contributed by atoms with Crippen LogP contribution in [0.15, 0.2) is 211 Å². The molecule has 280 valence electrons. The Bertz CT molecular complexity index is 3300. The molecule has 3 nitrogen and oxygen atoms in total. The average molecular weight is 757 g/mol. The summed E-state index contributed by atoms with van der Waals surface area (Å²) >= 11 is 0. The molecule has 0 saturated heterocycles. The summed E-state index contributed by atoms with van der Waals surface area (Å²) in [7, 11) is 0. The highest BCUT2D eigenvalue weighted by atomic mass is 16.3. The van der Waals surface area contributed by atoms with E-state index in [4.69, 9.17) is 4.42 Å². The van der Waals surface area contributed by atoms with Gasteiger partial charge in [-0.1, -0.05) is 146 Å². The number of nitrogens with zero attached hydrogens (tertiary/aromatic N) is 2. The summed E-state index contributed by atoms with van der Waals surface area (Å²) in [5.41, 5.74) is 17.6. The summed E-state index contributed by atoms with van der Waals surface area (Å²) in [6, 6.07) is 74.4. The number of hydrogen-bond acceptors (Lipinski definition) is 2. The van der Waals surface area contributed by atoms with E-state index in [0.29, 0.717) is 0 Å². The molecule has 59 heavy (non-hydrogen) atoms. The highest BCUT2D eigenvalue weighted by Gasteiger charge is 2.25. The molecule has 9 aromatic carbocycles. The van der Waals surface area contributed by atoms with Gasteiger partial charge in [-0.2, -0.15) is 0 Å². The summed E-state index contributed by atoms with van der Waals surface area (Å²) in [5.74, 6) is 0. The molecule has 0 amide bonds. The van der Waals surface area contributed by atoms with Crippen LogP contribution in [0.5, 0.6) is 0 Å². The SMILES string of the molecule is Cc1cccc(N(c2cc(-c3ccccc3-n3c4ccccc4c4ccccc43)c3oc4ccccc4c3c2)c2c(C)cc(-c3ccccc3)cc2-c2ccccc2)c1. The molecular formula is C56H40N2O. The molecule has 11 rings (SSSR count). The largest absolute Gasteiger partial charge is 0.455 e. The summed E-state index contributed by atoms with van der Waals surface area (Å²) in [4.78, 5) is 2.47. The van der Waals surface area contributed by atoms with Crippen molar-refractivity contribution in [3.63, 3.8) is 0 Å². The zero-order valence-corrected chi connectivity index (χ0v) is 32.9. The Kier molecular flexibility index (Phi) is 8.27. The molecule has 0 fully saturated rings. The molecule has 0 aliphatic carbocycles. The van der Waals surface area contributed by atoms with Crippen molar-refractivity contribution in [1.82, 2.24) is 4.57 Å². The van der Waals surface area contributed by atoms with Crippen LogP contribution in [0, 0.1) is 13.8 Å². The Morgan fingerprint density at radius 2 is 1.03 bits per heavy atom. The van der Waals surface area contributed by atoms with E-state index in [9.17, 15) is 0 Å². The van der Waals surface area contributed by atoms with Gasteiger partial charge in [0.25, 0.3) is 0 Å². The van der Waals surface area contributed by atoms with Gasteiger partial charge in [-0.25, -0.2) is 0 Å². The van der Waals surface area contributed by atoms with E-state index in [0.717, 1.165) is 66.9 Å². The van der Waals surface area contributed by atoms with E-state index in [2.05, 4.69) is 230 Å². The van der Waals surface area contributed by atoms with Gasteiger partial charge in [0.1, 0.15) is 11.2 Å². The monoisotopic (exact) mass is 756 g/mol. The second-order valence-corrected chi connectivity index (χ2v) is 15.5. The van der Waals surface area contributed by atoms with Crippen molar-refractivity contribution >= 4 is 60.8 Å². The van der Waals surface area contributed by atoms with Gasteiger partial charge in [-0.15, -0.1) is 0 Å². The second kappa shape index (κ2) is 14.1. The van der Waals surface area contributed by atoms with E-state index in [1.165, 1.54) is 44.1 Å². The summed E-state index contributed by atoms with van der Waals surface area (Å²) < 4.78 is 9.32. The van der Waals surface area contributed by atoms with Gasteiger partial charge in [0, 0.05) is 49.6 Å². The van der Waals surface area contributed by atoms with Crippen LogP contribution in [-0.2, 0) is 0 Å². The van der Waals surface area contributed by atoms with Crippen LogP contribution >= 0.6 is 0 Å². The Balaban J connectivity index is 1.24. The normalized spacial score (nSPS) is 11.6. The minimum absolute atomic E-state index is 0.866. The van der Waals surface area contributed by atoms with Crippen molar-refractivity contribution in [3.05, 3.63) is 217 Å². The molecule has 3 heteroatoms. The molecule has 0 atom stereocenters. The van der Waals surface area contributed by atoms with Crippen LogP contribution in [0.1, 0.15) is 11.1 Å². The Hall–Kier alpha value is -7.62. The standard InChI is InChI=1S/C56H40N2O/c1-37-18-17-23-42(32-37)57(55-38(2)33-41(39-19-5-3-6-20-39)34-48(55)40-21-7-4-8-22-40)43-35-49(56-50(36-43)47-27-12-16-31-54(47)59-56)46-26-11-15-30-53(46)58-51-28-13-9-24-44(51)45-25-10-14-29-52(45)58/h3-36H,1-2H3. The fourth-order valence-electron chi connectivity index (χ4n) is 9.11. The van der Waals surface area contributed by atoms with Gasteiger partial charge in [0.05, 0.1) is 22.4 Å². The van der Waals surface area contributed by atoms with Crippen LogP contribution in [0.2, 0.25) is 0 Å². The third-order valence-electron chi connectivity index (χ3n) is 11.7. The van der Waals surface area contributed by atoms with E-state index in [1.807, 2.05) is 0 Å². The maximum atomic E-state index is 6.90. The molecule has 0 bridgehead atoms. The minimum atomic E-state index is 0.866. The highest BCUT2D eigenvalue weighted by molar-refractivity contribution is 6.14. The fourth-order valence-corrected chi connectivity index (χ4v) is 9.11. The molecule has 0 radical (unpaired) electrons. The Morgan fingerprint density at radius 1 is 0.407 bits per heavy atom. The number of furan rings is 1. The first-order chi connectivity index (χ1) is 29.1. The first kappa shape index (κ1) is 34.6. The first-order valence-corrected chi connectivity index (χ1v) is 20.3. The average Bonchev–Trinajstić information content (AvgIpc) is 3.83. The van der Waals surface area contributed by atoms with Gasteiger partial charge >= 0.3 is 0 Å². The molecule has 0 unspecified atom stereocenters. The predicted octanol–water partition coefficient (Wildman–Crippen LogP) is 15.8. The lowest BCUT2D eigenvalue weighted by atomic mass is 9.92. The lowest BCUT2D eigenvalue weighted by molar-refractivity contribution is 0.670. The molecule has 0 saturated carbocycles. The number of rotatable bonds is 7. The zero-order valence-electron chi connectivity index (χ0n) is 32.9. The summed E-state index contributed by atoms with van der Waals surface area (Å²) in [5, 5.41) is 4.62. The number of aryl methyl sites for hydroxylation is 2. The number of benzene rings is 9. The van der Waals surface area contributed by atoms with Crippen molar-refractivity contribution in [1.29, 1.82) is 0 Å². The maximum Gasteiger partial charge on any atom is 0.143 e. The van der Waals surface area contributed by atoms with Gasteiger partial charge in [-0.3, -0.25) is 0 Å². The lowest BCUT2D eigenvalue weighted by Crippen LogP contribution is -2.13. The van der Waals surface area contributed by atoms with Gasteiger partial charge in [0.2, 0.25) is 0 Å². The molecule has 0 aliphatic heterocycles. The van der Waals surface area contributed by atoms with Crippen LogP contribution in [0.3, 0.4) is 0 Å². The zero-order chi connectivity index (χ0) is 39.5. The van der Waals surface area contributed by atoms with Crippen molar-refractivity contribution in [3.8, 4) is 39.1 Å². The topological polar surface area (TPSA) is 21.3 Å². The van der Waals surface area contributed by atoms with Crippen molar-refractivity contribution < 1.29 is 4.42 Å². The Morgan fingerprint density at radius 3 is 1.76 bits per heavy atom. The van der Waals surface area contributed by atoms with E-state index in [-0.39, 0.29) is 0 Å². The number of para-hydroxylation sites is 4. The summed E-state index contributed by atoms with van der Waals surface area (Å²) in [6.45, 7) is 4.42. The Labute approximate surface area is 343 Å².